The van der Waals surface area contributed by atoms with E-state index in [0.717, 1.165) is 22.7 Å². The van der Waals surface area contributed by atoms with Gasteiger partial charge in [-0.3, -0.25) is 0 Å². The number of hydrogen-bond acceptors (Lipinski definition) is 4. The highest BCUT2D eigenvalue weighted by Gasteiger charge is 2.07. The number of aromatic nitrogens is 1. The van der Waals surface area contributed by atoms with E-state index >= 15 is 0 Å². The first-order valence-electron chi connectivity index (χ1n) is 6.03. The molecule has 0 radical (unpaired) electrons. The summed E-state index contributed by atoms with van der Waals surface area (Å²) < 4.78 is 5.64. The number of oxazole rings is 1. The number of hydrogen-bond donors (Lipinski definition) is 1. The van der Waals surface area contributed by atoms with Crippen molar-refractivity contribution < 1.29 is 4.42 Å². The van der Waals surface area contributed by atoms with Gasteiger partial charge in [0.25, 0.3) is 0 Å². The van der Waals surface area contributed by atoms with E-state index in [4.69, 9.17) is 10.2 Å². The van der Waals surface area contributed by atoms with E-state index in [-0.39, 0.29) is 0 Å². The molecule has 0 atom stereocenters. The van der Waals surface area contributed by atoms with Crippen molar-refractivity contribution in [2.45, 2.75) is 31.9 Å². The molecule has 1 aromatic carbocycles. The Morgan fingerprint density at radius 1 is 1.35 bits per heavy atom. The van der Waals surface area contributed by atoms with Crippen LogP contribution in [0.2, 0.25) is 0 Å². The van der Waals surface area contributed by atoms with Gasteiger partial charge in [0.05, 0.1) is 11.4 Å². The van der Waals surface area contributed by atoms with Crippen molar-refractivity contribution in [1.29, 1.82) is 0 Å². The summed E-state index contributed by atoms with van der Waals surface area (Å²) in [5, 5.41) is 0. The molecule has 2 rings (SSSR count). The number of fused-ring (bicyclic) bond motifs is 1. The van der Waals surface area contributed by atoms with Crippen molar-refractivity contribution in [3.05, 3.63) is 24.1 Å². The van der Waals surface area contributed by atoms with Gasteiger partial charge in [-0.25, -0.2) is 4.98 Å². The molecule has 92 valence electrons. The fourth-order valence-corrected chi connectivity index (χ4v) is 2.54. The molecule has 0 bridgehead atoms. The fourth-order valence-electron chi connectivity index (χ4n) is 1.69. The highest BCUT2D eigenvalue weighted by molar-refractivity contribution is 7.98. The highest BCUT2D eigenvalue weighted by Crippen LogP contribution is 2.23. The average molecular weight is 250 g/mol. The summed E-state index contributed by atoms with van der Waals surface area (Å²) in [5.74, 6) is 2.78. The molecule has 1 heterocycles. The van der Waals surface area contributed by atoms with Crippen LogP contribution in [0.3, 0.4) is 0 Å². The number of para-hydroxylation sites is 1. The zero-order valence-corrected chi connectivity index (χ0v) is 10.9. The van der Waals surface area contributed by atoms with Gasteiger partial charge in [0.2, 0.25) is 5.89 Å². The zero-order chi connectivity index (χ0) is 12.1. The lowest BCUT2D eigenvalue weighted by Crippen LogP contribution is -1.86. The maximum absolute atomic E-state index is 5.83. The van der Waals surface area contributed by atoms with E-state index in [0.29, 0.717) is 5.69 Å². The molecule has 0 aliphatic rings. The Kier molecular flexibility index (Phi) is 4.31. The van der Waals surface area contributed by atoms with Crippen LogP contribution in [0.25, 0.3) is 11.1 Å². The van der Waals surface area contributed by atoms with E-state index in [1.165, 1.54) is 25.0 Å². The molecule has 0 fully saturated rings. The molecule has 0 saturated heterocycles. The molecule has 2 N–H and O–H groups in total. The lowest BCUT2D eigenvalue weighted by Gasteiger charge is -1.96. The minimum absolute atomic E-state index is 0.688. The second kappa shape index (κ2) is 5.96. The van der Waals surface area contributed by atoms with Gasteiger partial charge in [-0.05, 0) is 24.3 Å². The SMILES string of the molecule is CCCCCSCc1nc2c(N)cccc2o1. The summed E-state index contributed by atoms with van der Waals surface area (Å²) in [6, 6.07) is 5.65. The predicted molar refractivity (Wildman–Crippen MR) is 74.1 cm³/mol. The van der Waals surface area contributed by atoms with Crippen LogP contribution in [-0.4, -0.2) is 10.7 Å². The van der Waals surface area contributed by atoms with Gasteiger partial charge in [0, 0.05) is 0 Å². The van der Waals surface area contributed by atoms with Gasteiger partial charge in [-0.15, -0.1) is 0 Å². The Labute approximate surface area is 106 Å². The minimum Gasteiger partial charge on any atom is -0.440 e. The number of thioether (sulfide) groups is 1. The summed E-state index contributed by atoms with van der Waals surface area (Å²) >= 11 is 1.87. The van der Waals surface area contributed by atoms with Crippen molar-refractivity contribution in [1.82, 2.24) is 4.98 Å². The number of nitrogens with zero attached hydrogens (tertiary/aromatic N) is 1. The topological polar surface area (TPSA) is 52.0 Å². The highest BCUT2D eigenvalue weighted by atomic mass is 32.2. The summed E-state index contributed by atoms with van der Waals surface area (Å²) in [4.78, 5) is 4.42. The van der Waals surface area contributed by atoms with Crippen molar-refractivity contribution >= 4 is 28.5 Å². The largest absolute Gasteiger partial charge is 0.440 e. The second-order valence-electron chi connectivity index (χ2n) is 4.06. The van der Waals surface area contributed by atoms with Gasteiger partial charge < -0.3 is 10.2 Å². The molecule has 0 amide bonds. The number of nitrogens with two attached hydrogens (primary N) is 1. The van der Waals surface area contributed by atoms with Crippen LogP contribution in [0.5, 0.6) is 0 Å². The third-order valence-electron chi connectivity index (χ3n) is 2.61. The molecule has 4 heteroatoms. The van der Waals surface area contributed by atoms with Gasteiger partial charge in [0.1, 0.15) is 5.52 Å². The van der Waals surface area contributed by atoms with E-state index in [1.807, 2.05) is 30.0 Å². The molecule has 0 saturated carbocycles. The maximum atomic E-state index is 5.83. The van der Waals surface area contributed by atoms with Crippen LogP contribution in [0.1, 0.15) is 32.1 Å². The molecule has 3 nitrogen and oxygen atoms in total. The van der Waals surface area contributed by atoms with Crippen molar-refractivity contribution in [3.8, 4) is 0 Å². The van der Waals surface area contributed by atoms with Crippen LogP contribution in [0, 0.1) is 0 Å². The molecule has 1 aromatic heterocycles. The summed E-state index contributed by atoms with van der Waals surface area (Å²) in [6.07, 6.45) is 3.83. The van der Waals surface area contributed by atoms with Crippen molar-refractivity contribution in [2.75, 3.05) is 11.5 Å². The van der Waals surface area contributed by atoms with E-state index in [9.17, 15) is 0 Å². The minimum atomic E-state index is 0.688. The zero-order valence-electron chi connectivity index (χ0n) is 10.1. The quantitative estimate of drug-likeness (QED) is 0.625. The monoisotopic (exact) mass is 250 g/mol. The van der Waals surface area contributed by atoms with E-state index in [1.54, 1.807) is 0 Å². The molecule has 0 unspecified atom stereocenters. The Balaban J connectivity index is 1.93. The molecule has 0 spiro atoms. The Bertz CT molecular complexity index is 481. The van der Waals surface area contributed by atoms with Gasteiger partial charge in [-0.1, -0.05) is 25.8 Å². The third-order valence-corrected chi connectivity index (χ3v) is 3.64. The first-order valence-corrected chi connectivity index (χ1v) is 7.18. The van der Waals surface area contributed by atoms with Crippen LogP contribution < -0.4 is 5.73 Å². The van der Waals surface area contributed by atoms with Crippen LogP contribution in [-0.2, 0) is 5.75 Å². The van der Waals surface area contributed by atoms with Crippen LogP contribution >= 0.6 is 11.8 Å². The third kappa shape index (κ3) is 3.16. The summed E-state index contributed by atoms with van der Waals surface area (Å²) in [7, 11) is 0. The Morgan fingerprint density at radius 2 is 2.24 bits per heavy atom. The molecular formula is C13H18N2OS. The number of anilines is 1. The number of nitrogen functional groups attached to an aromatic ring is 1. The lowest BCUT2D eigenvalue weighted by atomic mass is 10.3. The van der Waals surface area contributed by atoms with E-state index in [2.05, 4.69) is 11.9 Å². The molecule has 17 heavy (non-hydrogen) atoms. The Hall–Kier alpha value is -1.16. The standard InChI is InChI=1S/C13H18N2OS/c1-2-3-4-8-17-9-12-15-13-10(14)6-5-7-11(13)16-12/h5-7H,2-4,8-9,14H2,1H3. The van der Waals surface area contributed by atoms with Crippen LogP contribution in [0.15, 0.2) is 22.6 Å². The molecule has 0 aliphatic carbocycles. The van der Waals surface area contributed by atoms with Crippen molar-refractivity contribution in [3.63, 3.8) is 0 Å². The summed E-state index contributed by atoms with van der Waals surface area (Å²) in [5.41, 5.74) is 8.10. The second-order valence-corrected chi connectivity index (χ2v) is 5.17. The average Bonchev–Trinajstić information content (AvgIpc) is 2.73. The number of unbranched alkanes of at least 4 members (excludes halogenated alkanes) is 2. The fraction of sp³-hybridized carbons (Fsp3) is 0.462. The van der Waals surface area contributed by atoms with Crippen molar-refractivity contribution in [2.24, 2.45) is 0 Å². The first-order chi connectivity index (χ1) is 8.31. The molecule has 2 aromatic rings. The van der Waals surface area contributed by atoms with E-state index < -0.39 is 0 Å². The maximum Gasteiger partial charge on any atom is 0.205 e. The van der Waals surface area contributed by atoms with Gasteiger partial charge >= 0.3 is 0 Å². The first kappa shape index (κ1) is 12.3. The predicted octanol–water partition coefficient (Wildman–Crippen LogP) is 3.83. The van der Waals surface area contributed by atoms with Gasteiger partial charge in [0.15, 0.2) is 5.58 Å². The summed E-state index contributed by atoms with van der Waals surface area (Å²) in [6.45, 7) is 2.22. The Morgan fingerprint density at radius 3 is 3.00 bits per heavy atom. The lowest BCUT2D eigenvalue weighted by molar-refractivity contribution is 0.556. The number of rotatable bonds is 6. The van der Waals surface area contributed by atoms with Crippen LogP contribution in [0.4, 0.5) is 5.69 Å². The molecule has 0 aliphatic heterocycles. The normalized spacial score (nSPS) is 11.1. The number of benzene rings is 1. The molecular weight excluding hydrogens is 232 g/mol. The van der Waals surface area contributed by atoms with Gasteiger partial charge in [-0.2, -0.15) is 11.8 Å². The smallest absolute Gasteiger partial charge is 0.205 e.